The summed E-state index contributed by atoms with van der Waals surface area (Å²) in [5, 5.41) is 6.29. The zero-order valence-electron chi connectivity index (χ0n) is 27.8. The zero-order chi connectivity index (χ0) is 33.3. The first-order valence-corrected chi connectivity index (χ1v) is 16.2. The number of carbonyl (C=O) groups excluding carboxylic acids is 2. The molecule has 1 unspecified atom stereocenters. The average molecular weight is 644 g/mol. The average Bonchev–Trinajstić information content (AvgIpc) is 3.33. The number of carbonyl (C=O) groups is 2. The molecule has 1 atom stereocenters. The van der Waals surface area contributed by atoms with Crippen molar-refractivity contribution in [1.82, 2.24) is 20.1 Å². The van der Waals surface area contributed by atoms with Crippen LogP contribution in [0.4, 0.5) is 5.69 Å². The molecule has 3 aromatic rings. The minimum absolute atomic E-state index is 0.138. The molecule has 2 aliphatic rings. The maximum absolute atomic E-state index is 13.5. The van der Waals surface area contributed by atoms with Crippen LogP contribution in [0.2, 0.25) is 0 Å². The minimum atomic E-state index is -0.377. The van der Waals surface area contributed by atoms with E-state index < -0.39 is 0 Å². The maximum Gasteiger partial charge on any atom is 0.222 e. The fourth-order valence-corrected chi connectivity index (χ4v) is 6.53. The number of aromatic nitrogens is 1. The van der Waals surface area contributed by atoms with Crippen molar-refractivity contribution in [1.29, 1.82) is 0 Å². The molecule has 11 heteroatoms. The van der Waals surface area contributed by atoms with Crippen LogP contribution >= 0.6 is 0 Å². The lowest BCUT2D eigenvalue weighted by Crippen LogP contribution is -2.49. The van der Waals surface area contributed by atoms with Crippen LogP contribution in [0.1, 0.15) is 48.9 Å². The standard InChI is InChI=1S/C36H45N5O6/c1-24(42)39-29-9-7-26-22-32(45-2)35(46-3)36(47-4)34(26)27-8-10-30(31(43)23-28(27)29)38-14-5-6-33(44)41-20-18-40(19-21-41)17-13-25-11-15-37-16-12-25/h8,10-12,15-16,22-23,29H,5-7,9,13-14,17-21H2,1-4H3,(H,38,43)(H,39,42). The summed E-state index contributed by atoms with van der Waals surface area (Å²) < 4.78 is 17.1. The first-order chi connectivity index (χ1) is 22.8. The molecule has 0 saturated carbocycles. The third-order valence-corrected chi connectivity index (χ3v) is 8.99. The van der Waals surface area contributed by atoms with Crippen molar-refractivity contribution >= 4 is 17.5 Å². The molecule has 2 N–H and O–H groups in total. The minimum Gasteiger partial charge on any atom is -0.493 e. The second kappa shape index (κ2) is 15.8. The number of benzene rings is 1. The maximum atomic E-state index is 13.5. The van der Waals surface area contributed by atoms with Crippen molar-refractivity contribution in [3.63, 3.8) is 0 Å². The van der Waals surface area contributed by atoms with Crippen LogP contribution in [0.25, 0.3) is 11.1 Å². The highest BCUT2D eigenvalue weighted by Crippen LogP contribution is 2.50. The van der Waals surface area contributed by atoms with Crippen molar-refractivity contribution < 1.29 is 23.8 Å². The Hall–Kier alpha value is -4.64. The topological polar surface area (TPSA) is 122 Å². The summed E-state index contributed by atoms with van der Waals surface area (Å²) in [5.41, 5.74) is 4.75. The fraction of sp³-hybridized carbons (Fsp3) is 0.444. The van der Waals surface area contributed by atoms with Gasteiger partial charge in [-0.25, -0.2) is 0 Å². The lowest BCUT2D eigenvalue weighted by Gasteiger charge is -2.34. The van der Waals surface area contributed by atoms with Crippen LogP contribution in [0.3, 0.4) is 0 Å². The number of ether oxygens (including phenoxy) is 3. The molecule has 250 valence electrons. The second-order valence-corrected chi connectivity index (χ2v) is 12.0. The third-order valence-electron chi connectivity index (χ3n) is 8.99. The summed E-state index contributed by atoms with van der Waals surface area (Å²) >= 11 is 0. The molecule has 1 saturated heterocycles. The number of fused-ring (bicyclic) bond motifs is 3. The van der Waals surface area contributed by atoms with E-state index in [-0.39, 0.29) is 23.3 Å². The quantitative estimate of drug-likeness (QED) is 0.284. The summed E-state index contributed by atoms with van der Waals surface area (Å²) in [5.74, 6) is 1.47. The van der Waals surface area contributed by atoms with Crippen LogP contribution in [-0.4, -0.2) is 87.2 Å². The molecule has 47 heavy (non-hydrogen) atoms. The highest BCUT2D eigenvalue weighted by Gasteiger charge is 2.29. The number of nitrogens with zero attached hydrogens (tertiary/aromatic N) is 3. The number of piperazine rings is 1. The Morgan fingerprint density at radius 2 is 1.70 bits per heavy atom. The van der Waals surface area contributed by atoms with E-state index in [4.69, 9.17) is 14.2 Å². The SMILES string of the molecule is COc1cc2c(c(OC)c1OC)-c1ccc(NCCCC(=O)N3CCN(CCc4ccncc4)CC3)c(=O)cc1C(NC(C)=O)CC2. The van der Waals surface area contributed by atoms with Gasteiger partial charge in [0.25, 0.3) is 0 Å². The number of rotatable bonds is 12. The molecule has 2 aromatic carbocycles. The molecule has 1 aliphatic heterocycles. The van der Waals surface area contributed by atoms with Crippen LogP contribution in [-0.2, 0) is 22.4 Å². The van der Waals surface area contributed by atoms with Crippen LogP contribution in [0, 0.1) is 0 Å². The molecule has 0 bridgehead atoms. The summed E-state index contributed by atoms with van der Waals surface area (Å²) in [7, 11) is 4.72. The molecule has 5 rings (SSSR count). The molecule has 0 radical (unpaired) electrons. The number of amides is 2. The predicted molar refractivity (Wildman–Crippen MR) is 181 cm³/mol. The Labute approximate surface area is 276 Å². The van der Waals surface area contributed by atoms with Gasteiger partial charge in [-0.15, -0.1) is 0 Å². The van der Waals surface area contributed by atoms with Crippen molar-refractivity contribution in [2.45, 2.75) is 45.1 Å². The molecule has 1 aliphatic carbocycles. The van der Waals surface area contributed by atoms with E-state index >= 15 is 0 Å². The van der Waals surface area contributed by atoms with E-state index in [1.54, 1.807) is 33.5 Å². The van der Waals surface area contributed by atoms with Crippen LogP contribution in [0.5, 0.6) is 17.2 Å². The Bertz CT molecular complexity index is 1620. The molecule has 11 nitrogen and oxygen atoms in total. The van der Waals surface area contributed by atoms with Gasteiger partial charge < -0.3 is 29.7 Å². The zero-order valence-corrected chi connectivity index (χ0v) is 27.8. The van der Waals surface area contributed by atoms with E-state index in [0.717, 1.165) is 55.8 Å². The Morgan fingerprint density at radius 1 is 0.957 bits per heavy atom. The molecule has 2 amide bonds. The van der Waals surface area contributed by atoms with Gasteiger partial charge in [-0.05, 0) is 78.3 Å². The highest BCUT2D eigenvalue weighted by molar-refractivity contribution is 5.84. The number of nitrogens with one attached hydrogen (secondary N) is 2. The van der Waals surface area contributed by atoms with Crippen molar-refractivity contribution in [3.05, 3.63) is 75.7 Å². The number of pyridine rings is 1. The monoisotopic (exact) mass is 643 g/mol. The van der Waals surface area contributed by atoms with E-state index in [2.05, 4.69) is 20.5 Å². The molecule has 2 heterocycles. The molecule has 1 aromatic heterocycles. The smallest absolute Gasteiger partial charge is 0.222 e. The predicted octanol–water partition coefficient (Wildman–Crippen LogP) is 3.84. The van der Waals surface area contributed by atoms with Crippen molar-refractivity contribution in [3.8, 4) is 28.4 Å². The number of hydrogen-bond donors (Lipinski definition) is 2. The van der Waals surface area contributed by atoms with Crippen LogP contribution < -0.4 is 30.3 Å². The van der Waals surface area contributed by atoms with Gasteiger partial charge in [0.2, 0.25) is 23.0 Å². The van der Waals surface area contributed by atoms with Crippen LogP contribution in [0.15, 0.2) is 53.6 Å². The summed E-state index contributed by atoms with van der Waals surface area (Å²) in [4.78, 5) is 47.1. The van der Waals surface area contributed by atoms with Crippen molar-refractivity contribution in [2.24, 2.45) is 0 Å². The number of hydrogen-bond acceptors (Lipinski definition) is 9. The van der Waals surface area contributed by atoms with E-state index in [0.29, 0.717) is 60.7 Å². The van der Waals surface area contributed by atoms with Gasteiger partial charge in [0, 0.05) is 70.6 Å². The van der Waals surface area contributed by atoms with Gasteiger partial charge in [-0.1, -0.05) is 6.07 Å². The van der Waals surface area contributed by atoms with Gasteiger partial charge in [-0.3, -0.25) is 24.3 Å². The Balaban J connectivity index is 1.26. The largest absolute Gasteiger partial charge is 0.493 e. The van der Waals surface area contributed by atoms with Gasteiger partial charge in [0.15, 0.2) is 11.5 Å². The lowest BCUT2D eigenvalue weighted by atomic mass is 9.95. The molecular formula is C36H45N5O6. The molecular weight excluding hydrogens is 598 g/mol. The molecule has 0 spiro atoms. The normalized spacial score (nSPS) is 15.9. The fourth-order valence-electron chi connectivity index (χ4n) is 6.53. The Kier molecular flexibility index (Phi) is 11.3. The highest BCUT2D eigenvalue weighted by atomic mass is 16.5. The lowest BCUT2D eigenvalue weighted by molar-refractivity contribution is -0.133. The third kappa shape index (κ3) is 8.02. The number of anilines is 1. The van der Waals surface area contributed by atoms with E-state index in [1.807, 2.05) is 41.6 Å². The van der Waals surface area contributed by atoms with Gasteiger partial charge in [-0.2, -0.15) is 0 Å². The van der Waals surface area contributed by atoms with Gasteiger partial charge in [0.1, 0.15) is 0 Å². The number of methoxy groups -OCH3 is 3. The van der Waals surface area contributed by atoms with Gasteiger partial charge in [0.05, 0.1) is 33.1 Å². The second-order valence-electron chi connectivity index (χ2n) is 12.0. The van der Waals surface area contributed by atoms with Gasteiger partial charge >= 0.3 is 0 Å². The van der Waals surface area contributed by atoms with E-state index in [9.17, 15) is 14.4 Å². The number of aryl methyl sites for hydroxylation is 1. The summed E-state index contributed by atoms with van der Waals surface area (Å²) in [6, 6.07) is 10.9. The summed E-state index contributed by atoms with van der Waals surface area (Å²) in [6.07, 6.45) is 6.84. The first kappa shape index (κ1) is 33.7. The Morgan fingerprint density at radius 3 is 2.38 bits per heavy atom. The van der Waals surface area contributed by atoms with E-state index in [1.165, 1.54) is 12.5 Å². The summed E-state index contributed by atoms with van der Waals surface area (Å²) in [6.45, 7) is 6.11. The molecule has 1 fully saturated rings. The first-order valence-electron chi connectivity index (χ1n) is 16.2. The van der Waals surface area contributed by atoms with Crippen molar-refractivity contribution in [2.75, 3.05) is 65.9 Å².